The van der Waals surface area contributed by atoms with Crippen molar-refractivity contribution in [1.29, 1.82) is 0 Å². The summed E-state index contributed by atoms with van der Waals surface area (Å²) in [4.78, 5) is 14.9. The summed E-state index contributed by atoms with van der Waals surface area (Å²) in [7, 11) is 0. The van der Waals surface area contributed by atoms with Gasteiger partial charge in [0.2, 0.25) is 0 Å². The molecule has 132 valence electrons. The number of unbranched alkanes of at least 4 members (excludes halogenated alkanes) is 4. The molecule has 1 aromatic rings. The number of amides is 1. The number of H-pyrrole nitrogens is 1. The third-order valence-corrected chi connectivity index (χ3v) is 4.36. The van der Waals surface area contributed by atoms with E-state index in [0.717, 1.165) is 56.7 Å². The van der Waals surface area contributed by atoms with Crippen LogP contribution in [0.3, 0.4) is 0 Å². The van der Waals surface area contributed by atoms with Crippen molar-refractivity contribution < 1.29 is 4.79 Å². The third kappa shape index (κ3) is 5.50. The number of aromatic nitrogens is 2. The molecule has 1 aliphatic rings. The first-order valence-electron chi connectivity index (χ1n) is 8.84. The van der Waals surface area contributed by atoms with Crippen molar-refractivity contribution in [1.82, 2.24) is 20.4 Å². The summed E-state index contributed by atoms with van der Waals surface area (Å²) >= 11 is 0. The van der Waals surface area contributed by atoms with Crippen LogP contribution in [0.15, 0.2) is 0 Å². The molecule has 0 aromatic carbocycles. The van der Waals surface area contributed by atoms with Crippen LogP contribution in [0.2, 0.25) is 0 Å². The minimum absolute atomic E-state index is 0. The molecule has 0 spiro atoms. The van der Waals surface area contributed by atoms with E-state index in [2.05, 4.69) is 29.4 Å². The Bertz CT molecular complexity index is 465. The average Bonchev–Trinajstić information content (AvgIpc) is 2.97. The molecule has 0 radical (unpaired) electrons. The third-order valence-electron chi connectivity index (χ3n) is 4.36. The van der Waals surface area contributed by atoms with Crippen LogP contribution in [0.4, 0.5) is 0 Å². The number of nitrogens with zero attached hydrogens (tertiary/aromatic N) is 2. The molecule has 0 fully saturated rings. The van der Waals surface area contributed by atoms with E-state index in [-0.39, 0.29) is 18.3 Å². The van der Waals surface area contributed by atoms with Gasteiger partial charge in [-0.05, 0) is 12.8 Å². The molecule has 0 saturated carbocycles. The molecule has 6 heteroatoms. The lowest BCUT2D eigenvalue weighted by Gasteiger charge is -2.23. The number of hydrogen-bond acceptors (Lipinski definition) is 3. The average molecular weight is 343 g/mol. The molecule has 0 unspecified atom stereocenters. The van der Waals surface area contributed by atoms with Gasteiger partial charge in [0.1, 0.15) is 0 Å². The Morgan fingerprint density at radius 2 is 1.78 bits per heavy atom. The number of carbonyl (C=O) groups excluding carboxylic acids is 1. The van der Waals surface area contributed by atoms with Gasteiger partial charge in [0.15, 0.2) is 5.69 Å². The SMILES string of the molecule is CCCCCN(CCCCC)C(=O)c1n[nH]c2c1CNCC2.Cl. The van der Waals surface area contributed by atoms with Crippen LogP contribution in [0.25, 0.3) is 0 Å². The van der Waals surface area contributed by atoms with Crippen molar-refractivity contribution in [2.24, 2.45) is 0 Å². The summed E-state index contributed by atoms with van der Waals surface area (Å²) in [5.41, 5.74) is 2.84. The summed E-state index contributed by atoms with van der Waals surface area (Å²) in [5, 5.41) is 10.7. The Morgan fingerprint density at radius 1 is 1.13 bits per heavy atom. The van der Waals surface area contributed by atoms with Crippen molar-refractivity contribution >= 4 is 18.3 Å². The lowest BCUT2D eigenvalue weighted by Crippen LogP contribution is -2.34. The van der Waals surface area contributed by atoms with E-state index < -0.39 is 0 Å². The molecule has 0 bridgehead atoms. The highest BCUT2D eigenvalue weighted by atomic mass is 35.5. The molecule has 5 nitrogen and oxygen atoms in total. The molecule has 0 aliphatic carbocycles. The Balaban J connectivity index is 0.00000264. The first-order chi connectivity index (χ1) is 10.8. The summed E-state index contributed by atoms with van der Waals surface area (Å²) in [6.45, 7) is 7.80. The fourth-order valence-electron chi connectivity index (χ4n) is 2.97. The molecule has 0 saturated heterocycles. The van der Waals surface area contributed by atoms with Crippen LogP contribution in [-0.4, -0.2) is 40.6 Å². The van der Waals surface area contributed by atoms with Crippen LogP contribution in [0, 0.1) is 0 Å². The van der Waals surface area contributed by atoms with Gasteiger partial charge in [0.25, 0.3) is 5.91 Å². The number of aromatic amines is 1. The predicted octanol–water partition coefficient (Wildman–Crippen LogP) is 3.30. The van der Waals surface area contributed by atoms with E-state index in [1.54, 1.807) is 0 Å². The van der Waals surface area contributed by atoms with Crippen molar-refractivity contribution in [3.8, 4) is 0 Å². The van der Waals surface area contributed by atoms with Gasteiger partial charge in [-0.2, -0.15) is 5.10 Å². The summed E-state index contributed by atoms with van der Waals surface area (Å²) in [5.74, 6) is 0.105. The maximum absolute atomic E-state index is 12.9. The Hall–Kier alpha value is -1.07. The maximum atomic E-state index is 12.9. The molecular weight excluding hydrogens is 312 g/mol. The zero-order valence-corrected chi connectivity index (χ0v) is 15.3. The first kappa shape index (κ1) is 20.0. The van der Waals surface area contributed by atoms with Crippen LogP contribution in [0.5, 0.6) is 0 Å². The van der Waals surface area contributed by atoms with Crippen LogP contribution >= 0.6 is 12.4 Å². The molecule has 0 atom stereocenters. The lowest BCUT2D eigenvalue weighted by molar-refractivity contribution is 0.0742. The number of hydrogen-bond donors (Lipinski definition) is 2. The van der Waals surface area contributed by atoms with Gasteiger partial charge in [-0.15, -0.1) is 12.4 Å². The van der Waals surface area contributed by atoms with Crippen molar-refractivity contribution in [3.05, 3.63) is 17.0 Å². The molecule has 2 rings (SSSR count). The molecule has 1 aliphatic heterocycles. The highest BCUT2D eigenvalue weighted by molar-refractivity contribution is 5.94. The minimum Gasteiger partial charge on any atom is -0.337 e. The fourth-order valence-corrected chi connectivity index (χ4v) is 2.97. The quantitative estimate of drug-likeness (QED) is 0.677. The number of nitrogens with one attached hydrogen (secondary N) is 2. The summed E-state index contributed by atoms with van der Waals surface area (Å²) in [6, 6.07) is 0. The zero-order chi connectivity index (χ0) is 15.8. The Morgan fingerprint density at radius 3 is 2.39 bits per heavy atom. The number of halogens is 1. The van der Waals surface area contributed by atoms with Gasteiger partial charge < -0.3 is 10.2 Å². The van der Waals surface area contributed by atoms with Crippen molar-refractivity contribution in [2.45, 2.75) is 65.3 Å². The highest BCUT2D eigenvalue weighted by Gasteiger charge is 2.25. The second-order valence-corrected chi connectivity index (χ2v) is 6.16. The second-order valence-electron chi connectivity index (χ2n) is 6.16. The topological polar surface area (TPSA) is 61.0 Å². The van der Waals surface area contributed by atoms with E-state index in [1.807, 2.05) is 4.90 Å². The van der Waals surface area contributed by atoms with E-state index in [1.165, 1.54) is 25.7 Å². The molecule has 2 N–H and O–H groups in total. The number of fused-ring (bicyclic) bond motifs is 1. The van der Waals surface area contributed by atoms with Gasteiger partial charge in [0.05, 0.1) is 0 Å². The smallest absolute Gasteiger partial charge is 0.274 e. The minimum atomic E-state index is 0. The van der Waals surface area contributed by atoms with Gasteiger partial charge in [-0.3, -0.25) is 9.89 Å². The highest BCUT2D eigenvalue weighted by Crippen LogP contribution is 2.18. The van der Waals surface area contributed by atoms with Gasteiger partial charge in [-0.1, -0.05) is 39.5 Å². The monoisotopic (exact) mass is 342 g/mol. The lowest BCUT2D eigenvalue weighted by atomic mass is 10.1. The first-order valence-corrected chi connectivity index (χ1v) is 8.84. The normalized spacial score (nSPS) is 13.3. The predicted molar refractivity (Wildman–Crippen MR) is 96.2 cm³/mol. The van der Waals surface area contributed by atoms with Crippen molar-refractivity contribution in [2.75, 3.05) is 19.6 Å². The van der Waals surface area contributed by atoms with E-state index in [0.29, 0.717) is 5.69 Å². The largest absolute Gasteiger partial charge is 0.337 e. The molecular formula is C17H31ClN4O. The standard InChI is InChI=1S/C17H30N4O.ClH/c1-3-5-7-11-21(12-8-6-4-2)17(22)16-14-13-18-10-9-15(14)19-20-16;/h18H,3-13H2,1-2H3,(H,19,20);1H. The fraction of sp³-hybridized carbons (Fsp3) is 0.765. The van der Waals surface area contributed by atoms with Crippen molar-refractivity contribution in [3.63, 3.8) is 0 Å². The van der Waals surface area contributed by atoms with Gasteiger partial charge in [0, 0.05) is 43.9 Å². The van der Waals surface area contributed by atoms with E-state index in [9.17, 15) is 4.79 Å². The van der Waals surface area contributed by atoms with E-state index in [4.69, 9.17) is 0 Å². The number of carbonyl (C=O) groups is 1. The van der Waals surface area contributed by atoms with Gasteiger partial charge in [-0.25, -0.2) is 0 Å². The summed E-state index contributed by atoms with van der Waals surface area (Å²) < 4.78 is 0. The van der Waals surface area contributed by atoms with E-state index >= 15 is 0 Å². The van der Waals surface area contributed by atoms with Crippen LogP contribution in [0.1, 0.15) is 74.1 Å². The molecule has 1 aromatic heterocycles. The Kier molecular flexibility index (Phi) is 9.26. The maximum Gasteiger partial charge on any atom is 0.274 e. The molecule has 1 amide bonds. The second kappa shape index (κ2) is 10.7. The molecule has 2 heterocycles. The molecule has 23 heavy (non-hydrogen) atoms. The summed E-state index contributed by atoms with van der Waals surface area (Å²) in [6.07, 6.45) is 7.81. The van der Waals surface area contributed by atoms with Crippen LogP contribution in [-0.2, 0) is 13.0 Å². The Labute approximate surface area is 146 Å². The van der Waals surface area contributed by atoms with Crippen LogP contribution < -0.4 is 5.32 Å². The van der Waals surface area contributed by atoms with Gasteiger partial charge >= 0.3 is 0 Å². The zero-order valence-electron chi connectivity index (χ0n) is 14.5. The number of rotatable bonds is 9.